The Kier molecular flexibility index (Phi) is 5.89. The average molecular weight is 344 g/mol. The lowest BCUT2D eigenvalue weighted by atomic mass is 9.95. The minimum Gasteiger partial charge on any atom is -0.497 e. The first-order valence-corrected chi connectivity index (χ1v) is 8.65. The van der Waals surface area contributed by atoms with Gasteiger partial charge in [-0.05, 0) is 61.8 Å². The maximum Gasteiger partial charge on any atom is 0.124 e. The zero-order chi connectivity index (χ0) is 17.6. The summed E-state index contributed by atoms with van der Waals surface area (Å²) in [6.45, 7) is 1.98. The van der Waals surface area contributed by atoms with Crippen LogP contribution in [0.25, 0.3) is 0 Å². The standard InChI is InChI=1S/C20H25FN2O2/c1-24-17-5-3-4-14(12-17)20(23-16-8-10-22-11-9-16)18-13-15(21)6-7-19(18)25-2/h3-7,12-13,16,20,22-23H,8-11H2,1-2H3/t20-/m0/s1. The Morgan fingerprint density at radius 1 is 1.08 bits per heavy atom. The number of ether oxygens (including phenoxy) is 2. The van der Waals surface area contributed by atoms with Gasteiger partial charge in [-0.2, -0.15) is 0 Å². The van der Waals surface area contributed by atoms with E-state index in [0.717, 1.165) is 42.8 Å². The van der Waals surface area contributed by atoms with Crippen LogP contribution in [0, 0.1) is 5.82 Å². The van der Waals surface area contributed by atoms with E-state index in [-0.39, 0.29) is 11.9 Å². The number of halogens is 1. The van der Waals surface area contributed by atoms with Crippen molar-refractivity contribution in [1.82, 2.24) is 10.6 Å². The lowest BCUT2D eigenvalue weighted by molar-refractivity contribution is 0.355. The van der Waals surface area contributed by atoms with Crippen LogP contribution in [0.3, 0.4) is 0 Å². The van der Waals surface area contributed by atoms with E-state index in [0.29, 0.717) is 11.8 Å². The number of hydrogen-bond donors (Lipinski definition) is 2. The molecule has 1 aliphatic heterocycles. The molecule has 2 aromatic carbocycles. The van der Waals surface area contributed by atoms with Crippen LogP contribution in [0.5, 0.6) is 11.5 Å². The second-order valence-corrected chi connectivity index (χ2v) is 6.29. The van der Waals surface area contributed by atoms with Gasteiger partial charge in [0, 0.05) is 11.6 Å². The Bertz CT molecular complexity index is 702. The highest BCUT2D eigenvalue weighted by molar-refractivity contribution is 5.44. The fourth-order valence-electron chi connectivity index (χ4n) is 3.34. The fraction of sp³-hybridized carbons (Fsp3) is 0.400. The summed E-state index contributed by atoms with van der Waals surface area (Å²) >= 11 is 0. The molecule has 1 fully saturated rings. The minimum absolute atomic E-state index is 0.163. The third kappa shape index (κ3) is 4.30. The first-order valence-electron chi connectivity index (χ1n) is 8.65. The predicted octanol–water partition coefficient (Wildman–Crippen LogP) is 3.27. The van der Waals surface area contributed by atoms with Gasteiger partial charge in [0.2, 0.25) is 0 Å². The highest BCUT2D eigenvalue weighted by atomic mass is 19.1. The Labute approximate surface area is 148 Å². The van der Waals surface area contributed by atoms with Crippen LogP contribution in [-0.2, 0) is 0 Å². The van der Waals surface area contributed by atoms with Gasteiger partial charge < -0.3 is 20.1 Å². The Balaban J connectivity index is 2.00. The SMILES string of the molecule is COc1cccc([C@H](NC2CCNCC2)c2cc(F)ccc2OC)c1. The van der Waals surface area contributed by atoms with Gasteiger partial charge >= 0.3 is 0 Å². The molecule has 134 valence electrons. The van der Waals surface area contributed by atoms with Crippen molar-refractivity contribution in [2.24, 2.45) is 0 Å². The fourth-order valence-corrected chi connectivity index (χ4v) is 3.34. The molecule has 1 aliphatic rings. The molecule has 0 unspecified atom stereocenters. The highest BCUT2D eigenvalue weighted by Crippen LogP contribution is 2.33. The van der Waals surface area contributed by atoms with E-state index in [4.69, 9.17) is 9.47 Å². The first-order chi connectivity index (χ1) is 12.2. The molecule has 0 aromatic heterocycles. The van der Waals surface area contributed by atoms with Crippen molar-refractivity contribution in [1.29, 1.82) is 0 Å². The highest BCUT2D eigenvalue weighted by Gasteiger charge is 2.24. The topological polar surface area (TPSA) is 42.5 Å². The molecular weight excluding hydrogens is 319 g/mol. The molecule has 2 N–H and O–H groups in total. The molecule has 2 aromatic rings. The molecule has 0 radical (unpaired) electrons. The van der Waals surface area contributed by atoms with E-state index in [9.17, 15) is 4.39 Å². The Morgan fingerprint density at radius 2 is 1.88 bits per heavy atom. The largest absolute Gasteiger partial charge is 0.497 e. The van der Waals surface area contributed by atoms with Crippen molar-refractivity contribution in [2.45, 2.75) is 24.9 Å². The number of rotatable bonds is 6. The number of hydrogen-bond acceptors (Lipinski definition) is 4. The monoisotopic (exact) mass is 344 g/mol. The zero-order valence-electron chi connectivity index (χ0n) is 14.7. The lowest BCUT2D eigenvalue weighted by Crippen LogP contribution is -2.42. The van der Waals surface area contributed by atoms with E-state index in [1.54, 1.807) is 26.4 Å². The van der Waals surface area contributed by atoms with Crippen molar-refractivity contribution in [3.05, 3.63) is 59.4 Å². The summed E-state index contributed by atoms with van der Waals surface area (Å²) in [7, 11) is 3.26. The van der Waals surface area contributed by atoms with Gasteiger partial charge in [0.05, 0.1) is 20.3 Å². The van der Waals surface area contributed by atoms with Gasteiger partial charge in [-0.3, -0.25) is 0 Å². The van der Waals surface area contributed by atoms with Crippen molar-refractivity contribution in [2.75, 3.05) is 27.3 Å². The third-order valence-corrected chi connectivity index (χ3v) is 4.67. The van der Waals surface area contributed by atoms with Crippen molar-refractivity contribution in [3.63, 3.8) is 0 Å². The maximum absolute atomic E-state index is 14.0. The maximum atomic E-state index is 14.0. The molecule has 0 amide bonds. The molecular formula is C20H25FN2O2. The van der Waals surface area contributed by atoms with Crippen LogP contribution >= 0.6 is 0 Å². The predicted molar refractivity (Wildman–Crippen MR) is 96.8 cm³/mol. The third-order valence-electron chi connectivity index (χ3n) is 4.67. The summed E-state index contributed by atoms with van der Waals surface area (Å²) < 4.78 is 24.8. The Hall–Kier alpha value is -2.11. The summed E-state index contributed by atoms with van der Waals surface area (Å²) in [5.41, 5.74) is 1.83. The van der Waals surface area contributed by atoms with Crippen molar-refractivity contribution < 1.29 is 13.9 Å². The molecule has 1 atom stereocenters. The summed E-state index contributed by atoms with van der Waals surface area (Å²) in [5, 5.41) is 7.07. The van der Waals surface area contributed by atoms with E-state index in [2.05, 4.69) is 10.6 Å². The van der Waals surface area contributed by atoms with Gasteiger partial charge in [0.1, 0.15) is 17.3 Å². The van der Waals surface area contributed by atoms with E-state index in [1.807, 2.05) is 24.3 Å². The number of methoxy groups -OCH3 is 2. The van der Waals surface area contributed by atoms with Crippen molar-refractivity contribution in [3.8, 4) is 11.5 Å². The van der Waals surface area contributed by atoms with Crippen LogP contribution in [0.4, 0.5) is 4.39 Å². The van der Waals surface area contributed by atoms with Gasteiger partial charge in [0.15, 0.2) is 0 Å². The molecule has 3 rings (SSSR count). The van der Waals surface area contributed by atoms with E-state index < -0.39 is 0 Å². The second kappa shape index (κ2) is 8.32. The van der Waals surface area contributed by atoms with E-state index in [1.165, 1.54) is 6.07 Å². The molecule has 0 spiro atoms. The smallest absolute Gasteiger partial charge is 0.124 e. The van der Waals surface area contributed by atoms with Crippen LogP contribution in [0.2, 0.25) is 0 Å². The second-order valence-electron chi connectivity index (χ2n) is 6.29. The average Bonchev–Trinajstić information content (AvgIpc) is 2.67. The molecule has 25 heavy (non-hydrogen) atoms. The summed E-state index contributed by atoms with van der Waals surface area (Å²) in [4.78, 5) is 0. The number of piperidine rings is 1. The summed E-state index contributed by atoms with van der Waals surface area (Å²) in [6, 6.07) is 12.8. The Morgan fingerprint density at radius 3 is 2.60 bits per heavy atom. The zero-order valence-corrected chi connectivity index (χ0v) is 14.7. The van der Waals surface area contributed by atoms with E-state index >= 15 is 0 Å². The minimum atomic E-state index is -0.268. The van der Waals surface area contributed by atoms with Gasteiger partial charge in [-0.15, -0.1) is 0 Å². The first kappa shape index (κ1) is 17.7. The molecule has 0 saturated carbocycles. The van der Waals surface area contributed by atoms with Crippen molar-refractivity contribution >= 4 is 0 Å². The van der Waals surface area contributed by atoms with Crippen LogP contribution in [-0.4, -0.2) is 33.4 Å². The van der Waals surface area contributed by atoms with Crippen LogP contribution in [0.15, 0.2) is 42.5 Å². The number of nitrogens with one attached hydrogen (secondary N) is 2. The van der Waals surface area contributed by atoms with Gasteiger partial charge in [0.25, 0.3) is 0 Å². The molecule has 0 bridgehead atoms. The molecule has 1 saturated heterocycles. The summed E-state index contributed by atoms with van der Waals surface area (Å²) in [5.74, 6) is 1.19. The number of benzene rings is 2. The summed E-state index contributed by atoms with van der Waals surface area (Å²) in [6.07, 6.45) is 2.08. The lowest BCUT2D eigenvalue weighted by Gasteiger charge is -2.30. The quantitative estimate of drug-likeness (QED) is 0.844. The molecule has 1 heterocycles. The van der Waals surface area contributed by atoms with Gasteiger partial charge in [-0.1, -0.05) is 12.1 Å². The molecule has 5 heteroatoms. The molecule has 4 nitrogen and oxygen atoms in total. The normalized spacial score (nSPS) is 16.4. The van der Waals surface area contributed by atoms with Crippen LogP contribution in [0.1, 0.15) is 30.0 Å². The van der Waals surface area contributed by atoms with Crippen LogP contribution < -0.4 is 20.1 Å². The van der Waals surface area contributed by atoms with Gasteiger partial charge in [-0.25, -0.2) is 4.39 Å². The molecule has 0 aliphatic carbocycles.